The number of carbonyl (C=O) groups excluding carboxylic acids is 1. The first-order valence-electron chi connectivity index (χ1n) is 8.11. The molecule has 23 heavy (non-hydrogen) atoms. The van der Waals surface area contributed by atoms with E-state index in [1.807, 2.05) is 30.0 Å². The van der Waals surface area contributed by atoms with Crippen molar-refractivity contribution < 1.29 is 9.53 Å². The van der Waals surface area contributed by atoms with Crippen molar-refractivity contribution in [3.8, 4) is 0 Å². The van der Waals surface area contributed by atoms with Gasteiger partial charge in [-0.1, -0.05) is 43.7 Å². The van der Waals surface area contributed by atoms with Gasteiger partial charge >= 0.3 is 0 Å². The van der Waals surface area contributed by atoms with Gasteiger partial charge in [-0.15, -0.1) is 11.3 Å². The summed E-state index contributed by atoms with van der Waals surface area (Å²) in [5.74, 6) is 0.100. The maximum atomic E-state index is 12.9. The highest BCUT2D eigenvalue weighted by molar-refractivity contribution is 7.13. The molecule has 1 atom stereocenters. The normalized spacial score (nSPS) is 18.2. The summed E-state index contributed by atoms with van der Waals surface area (Å²) in [6, 6.07) is 10.1. The van der Waals surface area contributed by atoms with Crippen molar-refractivity contribution in [2.24, 2.45) is 0 Å². The maximum absolute atomic E-state index is 12.9. The standard InChI is InChI=1S/C18H22N2O2S/c1-3-7-15-17(23-13(2)19-15)18(21)20-10-11-22-16(12-20)14-8-5-4-6-9-14/h4-6,8-9,16H,3,7,10-12H2,1-2H3/t16-/m0/s1. The quantitative estimate of drug-likeness (QED) is 0.860. The van der Waals surface area contributed by atoms with Crippen LogP contribution >= 0.6 is 11.3 Å². The highest BCUT2D eigenvalue weighted by atomic mass is 32.1. The number of rotatable bonds is 4. The van der Waals surface area contributed by atoms with Crippen LogP contribution in [0.5, 0.6) is 0 Å². The molecule has 3 rings (SSSR count). The predicted molar refractivity (Wildman–Crippen MR) is 91.9 cm³/mol. The van der Waals surface area contributed by atoms with Gasteiger partial charge in [0.15, 0.2) is 0 Å². The molecule has 0 N–H and O–H groups in total. The first-order valence-corrected chi connectivity index (χ1v) is 8.92. The highest BCUT2D eigenvalue weighted by Crippen LogP contribution is 2.26. The zero-order valence-corrected chi connectivity index (χ0v) is 14.4. The van der Waals surface area contributed by atoms with Crippen molar-refractivity contribution >= 4 is 17.2 Å². The van der Waals surface area contributed by atoms with Crippen LogP contribution in [0.2, 0.25) is 0 Å². The minimum atomic E-state index is -0.0439. The van der Waals surface area contributed by atoms with E-state index in [2.05, 4.69) is 24.0 Å². The molecule has 0 unspecified atom stereocenters. The van der Waals surface area contributed by atoms with E-state index in [0.29, 0.717) is 19.7 Å². The van der Waals surface area contributed by atoms with E-state index < -0.39 is 0 Å². The van der Waals surface area contributed by atoms with E-state index >= 15 is 0 Å². The van der Waals surface area contributed by atoms with Crippen molar-refractivity contribution in [1.29, 1.82) is 0 Å². The minimum Gasteiger partial charge on any atom is -0.370 e. The van der Waals surface area contributed by atoms with Crippen LogP contribution in [-0.4, -0.2) is 35.5 Å². The summed E-state index contributed by atoms with van der Waals surface area (Å²) in [5.41, 5.74) is 2.07. The molecule has 1 aliphatic heterocycles. The molecule has 0 radical (unpaired) electrons. The fourth-order valence-corrected chi connectivity index (χ4v) is 3.82. The fraction of sp³-hybridized carbons (Fsp3) is 0.444. The van der Waals surface area contributed by atoms with E-state index in [-0.39, 0.29) is 12.0 Å². The van der Waals surface area contributed by atoms with Gasteiger partial charge in [0, 0.05) is 6.54 Å². The molecule has 2 aromatic rings. The molecular weight excluding hydrogens is 308 g/mol. The molecule has 122 valence electrons. The number of aromatic nitrogens is 1. The lowest BCUT2D eigenvalue weighted by atomic mass is 10.1. The second kappa shape index (κ2) is 7.23. The van der Waals surface area contributed by atoms with Crippen LogP contribution in [0.1, 0.15) is 45.4 Å². The Morgan fingerprint density at radius 1 is 1.39 bits per heavy atom. The van der Waals surface area contributed by atoms with Crippen LogP contribution in [0.25, 0.3) is 0 Å². The third-order valence-electron chi connectivity index (χ3n) is 4.01. The molecule has 1 fully saturated rings. The first kappa shape index (κ1) is 16.1. The Morgan fingerprint density at radius 2 is 2.17 bits per heavy atom. The average molecular weight is 330 g/mol. The second-order valence-electron chi connectivity index (χ2n) is 5.78. The summed E-state index contributed by atoms with van der Waals surface area (Å²) in [6.45, 7) is 5.90. The van der Waals surface area contributed by atoms with Crippen LogP contribution < -0.4 is 0 Å². The van der Waals surface area contributed by atoms with Crippen LogP contribution in [-0.2, 0) is 11.2 Å². The molecule has 5 heteroatoms. The predicted octanol–water partition coefficient (Wildman–Crippen LogP) is 3.62. The minimum absolute atomic E-state index is 0.0439. The van der Waals surface area contributed by atoms with Gasteiger partial charge in [0.2, 0.25) is 0 Å². The Bertz CT molecular complexity index is 669. The van der Waals surface area contributed by atoms with E-state index in [1.54, 1.807) is 0 Å². The van der Waals surface area contributed by atoms with Crippen molar-refractivity contribution in [1.82, 2.24) is 9.88 Å². The van der Waals surface area contributed by atoms with Crippen molar-refractivity contribution in [3.63, 3.8) is 0 Å². The molecule has 1 aliphatic rings. The maximum Gasteiger partial charge on any atom is 0.266 e. The van der Waals surface area contributed by atoms with E-state index in [1.165, 1.54) is 11.3 Å². The van der Waals surface area contributed by atoms with Gasteiger partial charge in [0.1, 0.15) is 11.0 Å². The molecule has 2 heterocycles. The van der Waals surface area contributed by atoms with E-state index in [4.69, 9.17) is 4.74 Å². The monoisotopic (exact) mass is 330 g/mol. The lowest BCUT2D eigenvalue weighted by molar-refractivity contribution is -0.0227. The molecule has 4 nitrogen and oxygen atoms in total. The summed E-state index contributed by atoms with van der Waals surface area (Å²) in [4.78, 5) is 20.2. The number of ether oxygens (including phenoxy) is 1. The molecule has 1 aromatic heterocycles. The number of morpholine rings is 1. The van der Waals surface area contributed by atoms with Gasteiger partial charge in [0.05, 0.1) is 23.9 Å². The van der Waals surface area contributed by atoms with Gasteiger partial charge in [-0.05, 0) is 18.9 Å². The molecule has 0 saturated carbocycles. The molecule has 1 amide bonds. The number of aryl methyl sites for hydroxylation is 2. The van der Waals surface area contributed by atoms with Crippen LogP contribution in [0.4, 0.5) is 0 Å². The summed E-state index contributed by atoms with van der Waals surface area (Å²) in [6.07, 6.45) is 1.81. The summed E-state index contributed by atoms with van der Waals surface area (Å²) in [7, 11) is 0. The fourth-order valence-electron chi connectivity index (χ4n) is 2.89. The smallest absolute Gasteiger partial charge is 0.266 e. The van der Waals surface area contributed by atoms with Gasteiger partial charge in [-0.3, -0.25) is 4.79 Å². The molecule has 1 saturated heterocycles. The lowest BCUT2D eigenvalue weighted by Gasteiger charge is -2.33. The van der Waals surface area contributed by atoms with Crippen LogP contribution in [0.3, 0.4) is 0 Å². The Kier molecular flexibility index (Phi) is 5.08. The van der Waals surface area contributed by atoms with E-state index in [9.17, 15) is 4.79 Å². The van der Waals surface area contributed by atoms with Gasteiger partial charge in [0.25, 0.3) is 5.91 Å². The Morgan fingerprint density at radius 3 is 2.91 bits per heavy atom. The highest BCUT2D eigenvalue weighted by Gasteiger charge is 2.28. The van der Waals surface area contributed by atoms with Gasteiger partial charge in [-0.2, -0.15) is 0 Å². The number of amides is 1. The van der Waals surface area contributed by atoms with Crippen molar-refractivity contribution in [3.05, 3.63) is 51.5 Å². The van der Waals surface area contributed by atoms with Crippen molar-refractivity contribution in [2.75, 3.05) is 19.7 Å². The second-order valence-corrected chi connectivity index (χ2v) is 6.98. The van der Waals surface area contributed by atoms with Gasteiger partial charge < -0.3 is 9.64 Å². The number of benzene rings is 1. The van der Waals surface area contributed by atoms with Crippen LogP contribution in [0, 0.1) is 6.92 Å². The third-order valence-corrected chi connectivity index (χ3v) is 5.01. The summed E-state index contributed by atoms with van der Waals surface area (Å²) >= 11 is 1.51. The number of hydrogen-bond acceptors (Lipinski definition) is 4. The molecule has 1 aromatic carbocycles. The zero-order valence-electron chi connectivity index (χ0n) is 13.6. The van der Waals surface area contributed by atoms with Gasteiger partial charge in [-0.25, -0.2) is 4.98 Å². The number of nitrogens with zero attached hydrogens (tertiary/aromatic N) is 2. The SMILES string of the molecule is CCCc1nc(C)sc1C(=O)N1CCO[C@H](c2ccccc2)C1. The first-order chi connectivity index (χ1) is 11.2. The molecular formula is C18H22N2O2S. The summed E-state index contributed by atoms with van der Waals surface area (Å²) < 4.78 is 5.86. The van der Waals surface area contributed by atoms with Crippen molar-refractivity contribution in [2.45, 2.75) is 32.8 Å². The Balaban J connectivity index is 1.77. The van der Waals surface area contributed by atoms with Crippen LogP contribution in [0.15, 0.2) is 30.3 Å². The zero-order chi connectivity index (χ0) is 16.2. The van der Waals surface area contributed by atoms with E-state index in [0.717, 1.165) is 34.0 Å². The Hall–Kier alpha value is -1.72. The summed E-state index contributed by atoms with van der Waals surface area (Å²) in [5, 5.41) is 0.963. The number of hydrogen-bond donors (Lipinski definition) is 0. The third kappa shape index (κ3) is 3.62. The largest absolute Gasteiger partial charge is 0.370 e. The molecule has 0 spiro atoms. The molecule has 0 bridgehead atoms. The number of thiazole rings is 1. The topological polar surface area (TPSA) is 42.4 Å². The average Bonchev–Trinajstić information content (AvgIpc) is 2.96. The Labute approximate surface area is 141 Å². The lowest BCUT2D eigenvalue weighted by Crippen LogP contribution is -2.42. The molecule has 0 aliphatic carbocycles. The number of carbonyl (C=O) groups is 1.